The Morgan fingerprint density at radius 2 is 1.94 bits per heavy atom. The van der Waals surface area contributed by atoms with E-state index in [2.05, 4.69) is 5.32 Å². The molecule has 0 aromatic heterocycles. The largest absolute Gasteiger partial charge is 0.497 e. The van der Waals surface area contributed by atoms with Crippen LogP contribution in [0.4, 0.5) is 0 Å². The van der Waals surface area contributed by atoms with Crippen molar-refractivity contribution in [3.63, 3.8) is 0 Å². The second kappa shape index (κ2) is 6.48. The fraction of sp³-hybridized carbons (Fsp3) is 0.500. The minimum absolute atomic E-state index is 0.0691. The predicted octanol–water partition coefficient (Wildman–Crippen LogP) is 0.699. The van der Waals surface area contributed by atoms with E-state index in [1.165, 1.54) is 0 Å². The maximum Gasteiger partial charge on any atom is 0.118 e. The lowest BCUT2D eigenvalue weighted by molar-refractivity contribution is 0.132. The van der Waals surface area contributed by atoms with Crippen molar-refractivity contribution in [2.75, 3.05) is 20.3 Å². The number of benzene rings is 1. The van der Waals surface area contributed by atoms with Crippen molar-refractivity contribution in [2.24, 2.45) is 0 Å². The van der Waals surface area contributed by atoms with Gasteiger partial charge < -0.3 is 20.3 Å². The Kier molecular flexibility index (Phi) is 5.25. The molecule has 0 aliphatic heterocycles. The molecule has 0 radical (unpaired) electrons. The molecular formula is C12H19NO3. The van der Waals surface area contributed by atoms with E-state index in [9.17, 15) is 5.11 Å². The summed E-state index contributed by atoms with van der Waals surface area (Å²) in [4.78, 5) is 0. The molecule has 0 heterocycles. The Bertz CT molecular complexity index is 300. The number of ether oxygens (including phenoxy) is 1. The van der Waals surface area contributed by atoms with Gasteiger partial charge in [-0.3, -0.25) is 0 Å². The van der Waals surface area contributed by atoms with E-state index in [-0.39, 0.29) is 12.6 Å². The Morgan fingerprint density at radius 1 is 1.31 bits per heavy atom. The summed E-state index contributed by atoms with van der Waals surface area (Å²) in [5, 5.41) is 21.7. The van der Waals surface area contributed by atoms with Crippen molar-refractivity contribution in [1.29, 1.82) is 0 Å². The van der Waals surface area contributed by atoms with Gasteiger partial charge in [0.15, 0.2) is 0 Å². The highest BCUT2D eigenvalue weighted by Gasteiger charge is 2.15. The molecule has 4 heteroatoms. The van der Waals surface area contributed by atoms with Crippen molar-refractivity contribution in [2.45, 2.75) is 19.1 Å². The third-order valence-electron chi connectivity index (χ3n) is 2.51. The number of aliphatic hydroxyl groups excluding tert-OH is 2. The topological polar surface area (TPSA) is 61.7 Å². The van der Waals surface area contributed by atoms with Gasteiger partial charge in [0.1, 0.15) is 5.75 Å². The van der Waals surface area contributed by atoms with Crippen LogP contribution >= 0.6 is 0 Å². The third-order valence-corrected chi connectivity index (χ3v) is 2.51. The molecule has 1 aromatic rings. The Hall–Kier alpha value is -1.10. The van der Waals surface area contributed by atoms with E-state index in [1.807, 2.05) is 31.2 Å². The molecule has 1 aromatic carbocycles. The fourth-order valence-corrected chi connectivity index (χ4v) is 1.49. The highest BCUT2D eigenvalue weighted by atomic mass is 16.5. The van der Waals surface area contributed by atoms with Crippen molar-refractivity contribution in [1.82, 2.24) is 5.32 Å². The van der Waals surface area contributed by atoms with Gasteiger partial charge in [0.05, 0.1) is 19.8 Å². The minimum atomic E-state index is -0.586. The molecule has 0 fully saturated rings. The van der Waals surface area contributed by atoms with Crippen LogP contribution in [0, 0.1) is 0 Å². The molecule has 4 nitrogen and oxygen atoms in total. The molecule has 2 unspecified atom stereocenters. The van der Waals surface area contributed by atoms with Crippen molar-refractivity contribution < 1.29 is 14.9 Å². The van der Waals surface area contributed by atoms with Gasteiger partial charge in [0, 0.05) is 12.6 Å². The van der Waals surface area contributed by atoms with Crippen LogP contribution in [0.15, 0.2) is 24.3 Å². The van der Waals surface area contributed by atoms with Gasteiger partial charge in [0.25, 0.3) is 0 Å². The molecular weight excluding hydrogens is 206 g/mol. The Labute approximate surface area is 95.9 Å². The lowest BCUT2D eigenvalue weighted by atomic mass is 10.0. The average molecular weight is 225 g/mol. The van der Waals surface area contributed by atoms with E-state index < -0.39 is 6.10 Å². The maximum absolute atomic E-state index is 9.99. The first-order valence-electron chi connectivity index (χ1n) is 5.35. The van der Waals surface area contributed by atoms with Crippen molar-refractivity contribution in [3.05, 3.63) is 29.8 Å². The van der Waals surface area contributed by atoms with Gasteiger partial charge in [-0.05, 0) is 24.6 Å². The predicted molar refractivity (Wildman–Crippen MR) is 62.5 cm³/mol. The second-order valence-electron chi connectivity index (χ2n) is 3.68. The fourth-order valence-electron chi connectivity index (χ4n) is 1.49. The number of rotatable bonds is 6. The van der Waals surface area contributed by atoms with E-state index in [4.69, 9.17) is 9.84 Å². The van der Waals surface area contributed by atoms with Crippen molar-refractivity contribution >= 4 is 0 Å². The minimum Gasteiger partial charge on any atom is -0.497 e. The van der Waals surface area contributed by atoms with Gasteiger partial charge in [-0.15, -0.1) is 0 Å². The smallest absolute Gasteiger partial charge is 0.118 e. The summed E-state index contributed by atoms with van der Waals surface area (Å²) in [5.74, 6) is 0.770. The summed E-state index contributed by atoms with van der Waals surface area (Å²) in [7, 11) is 1.61. The van der Waals surface area contributed by atoms with Crippen LogP contribution < -0.4 is 10.1 Å². The number of hydrogen-bond acceptors (Lipinski definition) is 4. The van der Waals surface area contributed by atoms with Gasteiger partial charge >= 0.3 is 0 Å². The molecule has 0 aliphatic rings. The number of aliphatic hydroxyl groups is 2. The number of nitrogens with one attached hydrogen (secondary N) is 1. The normalized spacial score (nSPS) is 14.5. The lowest BCUT2D eigenvalue weighted by Crippen LogP contribution is -2.34. The molecule has 0 aliphatic carbocycles. The van der Waals surface area contributed by atoms with Crippen LogP contribution in [0.3, 0.4) is 0 Å². The van der Waals surface area contributed by atoms with Crippen LogP contribution in [-0.4, -0.2) is 36.5 Å². The van der Waals surface area contributed by atoms with Crippen LogP contribution in [-0.2, 0) is 0 Å². The summed E-state index contributed by atoms with van der Waals surface area (Å²) < 4.78 is 5.04. The molecule has 3 N–H and O–H groups in total. The molecule has 0 saturated heterocycles. The second-order valence-corrected chi connectivity index (χ2v) is 3.68. The molecule has 0 spiro atoms. The van der Waals surface area contributed by atoms with Gasteiger partial charge in [0.2, 0.25) is 0 Å². The first-order valence-corrected chi connectivity index (χ1v) is 5.35. The molecule has 2 atom stereocenters. The SMILES string of the molecule is COc1ccc(C(O)C(C)NCCO)cc1. The highest BCUT2D eigenvalue weighted by molar-refractivity contribution is 5.28. The maximum atomic E-state index is 9.99. The number of methoxy groups -OCH3 is 1. The van der Waals surface area contributed by atoms with E-state index in [0.717, 1.165) is 11.3 Å². The van der Waals surface area contributed by atoms with Crippen LogP contribution in [0.1, 0.15) is 18.6 Å². The molecule has 90 valence electrons. The van der Waals surface area contributed by atoms with E-state index in [0.29, 0.717) is 6.54 Å². The van der Waals surface area contributed by atoms with Crippen LogP contribution in [0.5, 0.6) is 5.75 Å². The standard InChI is InChI=1S/C12H19NO3/c1-9(13-7-8-14)12(15)10-3-5-11(16-2)6-4-10/h3-6,9,12-15H,7-8H2,1-2H3. The molecule has 0 bridgehead atoms. The van der Waals surface area contributed by atoms with Gasteiger partial charge in [-0.1, -0.05) is 12.1 Å². The van der Waals surface area contributed by atoms with Crippen molar-refractivity contribution in [3.8, 4) is 5.75 Å². The lowest BCUT2D eigenvalue weighted by Gasteiger charge is -2.20. The highest BCUT2D eigenvalue weighted by Crippen LogP contribution is 2.19. The summed E-state index contributed by atoms with van der Waals surface area (Å²) >= 11 is 0. The summed E-state index contributed by atoms with van der Waals surface area (Å²) in [6.07, 6.45) is -0.586. The zero-order chi connectivity index (χ0) is 12.0. The average Bonchev–Trinajstić information content (AvgIpc) is 2.35. The van der Waals surface area contributed by atoms with Crippen LogP contribution in [0.2, 0.25) is 0 Å². The first kappa shape index (κ1) is 13.0. The van der Waals surface area contributed by atoms with Gasteiger partial charge in [-0.2, -0.15) is 0 Å². The molecule has 1 rings (SSSR count). The zero-order valence-electron chi connectivity index (χ0n) is 9.68. The molecule has 0 saturated carbocycles. The summed E-state index contributed by atoms with van der Waals surface area (Å²) in [6, 6.07) is 7.20. The zero-order valence-corrected chi connectivity index (χ0v) is 9.68. The quantitative estimate of drug-likeness (QED) is 0.667. The number of hydrogen-bond donors (Lipinski definition) is 3. The summed E-state index contributed by atoms with van der Waals surface area (Å²) in [5.41, 5.74) is 0.832. The molecule has 0 amide bonds. The third kappa shape index (κ3) is 3.48. The summed E-state index contributed by atoms with van der Waals surface area (Å²) in [6.45, 7) is 2.43. The van der Waals surface area contributed by atoms with E-state index >= 15 is 0 Å². The van der Waals surface area contributed by atoms with Gasteiger partial charge in [-0.25, -0.2) is 0 Å². The Balaban J connectivity index is 2.60. The first-order chi connectivity index (χ1) is 7.69. The van der Waals surface area contributed by atoms with Crippen LogP contribution in [0.25, 0.3) is 0 Å². The molecule has 16 heavy (non-hydrogen) atoms. The monoisotopic (exact) mass is 225 g/mol. The van der Waals surface area contributed by atoms with E-state index in [1.54, 1.807) is 7.11 Å². The Morgan fingerprint density at radius 3 is 2.44 bits per heavy atom.